The summed E-state index contributed by atoms with van der Waals surface area (Å²) in [5.41, 5.74) is 0.845. The molecule has 1 fully saturated rings. The molecule has 6 nitrogen and oxygen atoms in total. The molecule has 8 heteroatoms. The molecule has 0 unspecified atom stereocenters. The first-order chi connectivity index (χ1) is 13.1. The number of anilines is 1. The lowest BCUT2D eigenvalue weighted by atomic mass is 10.0. The Bertz CT molecular complexity index is 780. The molecule has 0 saturated carbocycles. The number of nitrogens with one attached hydrogen (secondary N) is 1. The zero-order valence-electron chi connectivity index (χ0n) is 15.1. The predicted octanol–water partition coefficient (Wildman–Crippen LogP) is 3.80. The van der Waals surface area contributed by atoms with Crippen molar-refractivity contribution in [1.82, 2.24) is 15.3 Å². The van der Waals surface area contributed by atoms with Crippen LogP contribution >= 0.6 is 0 Å². The molecule has 2 heterocycles. The van der Waals surface area contributed by atoms with E-state index in [1.54, 1.807) is 31.2 Å². The standard InChI is InChI=1S/C19H22F2N4O2/c1-2-27-19(26)24-13-7-9-25(10-8-13)17-11-16(22-12-23-17)14-5-3-4-6-15(14)18(20)21/h3-6,11-13,18H,2,7-10H2,1H3,(H,24,26). The summed E-state index contributed by atoms with van der Waals surface area (Å²) in [5, 5.41) is 2.85. The van der Waals surface area contributed by atoms with Gasteiger partial charge in [0, 0.05) is 36.3 Å². The largest absolute Gasteiger partial charge is 0.450 e. The van der Waals surface area contributed by atoms with Crippen LogP contribution in [0.4, 0.5) is 19.4 Å². The van der Waals surface area contributed by atoms with E-state index in [0.717, 1.165) is 12.8 Å². The number of alkyl halides is 2. The maximum Gasteiger partial charge on any atom is 0.407 e. The van der Waals surface area contributed by atoms with Crippen molar-refractivity contribution in [2.75, 3.05) is 24.6 Å². The van der Waals surface area contributed by atoms with E-state index in [0.29, 0.717) is 36.8 Å². The van der Waals surface area contributed by atoms with E-state index in [9.17, 15) is 13.6 Å². The molecule has 1 aliphatic heterocycles. The van der Waals surface area contributed by atoms with Gasteiger partial charge in [-0.1, -0.05) is 24.3 Å². The molecule has 1 aromatic heterocycles. The Morgan fingerprint density at radius 3 is 2.74 bits per heavy atom. The molecule has 1 aliphatic rings. The number of hydrogen-bond acceptors (Lipinski definition) is 5. The lowest BCUT2D eigenvalue weighted by Gasteiger charge is -2.33. The monoisotopic (exact) mass is 376 g/mol. The highest BCUT2D eigenvalue weighted by Gasteiger charge is 2.23. The number of amides is 1. The van der Waals surface area contributed by atoms with Crippen molar-refractivity contribution in [3.63, 3.8) is 0 Å². The Labute approximate surface area is 156 Å². The van der Waals surface area contributed by atoms with Crippen molar-refractivity contribution in [3.05, 3.63) is 42.2 Å². The number of benzene rings is 1. The highest BCUT2D eigenvalue weighted by molar-refractivity contribution is 5.68. The summed E-state index contributed by atoms with van der Waals surface area (Å²) in [4.78, 5) is 22.1. The molecular formula is C19H22F2N4O2. The van der Waals surface area contributed by atoms with Gasteiger partial charge in [-0.15, -0.1) is 0 Å². The van der Waals surface area contributed by atoms with Crippen LogP contribution in [0.25, 0.3) is 11.3 Å². The summed E-state index contributed by atoms with van der Waals surface area (Å²) in [7, 11) is 0. The van der Waals surface area contributed by atoms with Crippen LogP contribution in [-0.2, 0) is 4.74 Å². The second-order valence-electron chi connectivity index (χ2n) is 6.28. The van der Waals surface area contributed by atoms with Gasteiger partial charge < -0.3 is 15.0 Å². The van der Waals surface area contributed by atoms with Gasteiger partial charge in [-0.2, -0.15) is 0 Å². The third-order valence-electron chi connectivity index (χ3n) is 4.54. The summed E-state index contributed by atoms with van der Waals surface area (Å²) < 4.78 is 31.4. The number of rotatable bonds is 5. The van der Waals surface area contributed by atoms with Crippen LogP contribution in [0.3, 0.4) is 0 Å². The van der Waals surface area contributed by atoms with Crippen LogP contribution in [-0.4, -0.2) is 41.8 Å². The highest BCUT2D eigenvalue weighted by atomic mass is 19.3. The second kappa shape index (κ2) is 8.75. The van der Waals surface area contributed by atoms with Crippen molar-refractivity contribution >= 4 is 11.9 Å². The number of piperidine rings is 1. The van der Waals surface area contributed by atoms with Crippen LogP contribution in [0.15, 0.2) is 36.7 Å². The van der Waals surface area contributed by atoms with Crippen molar-refractivity contribution in [2.24, 2.45) is 0 Å². The molecule has 0 atom stereocenters. The molecule has 1 N–H and O–H groups in total. The smallest absolute Gasteiger partial charge is 0.407 e. The van der Waals surface area contributed by atoms with Gasteiger partial charge in [0.15, 0.2) is 0 Å². The van der Waals surface area contributed by atoms with E-state index in [4.69, 9.17) is 4.74 Å². The highest BCUT2D eigenvalue weighted by Crippen LogP contribution is 2.31. The first-order valence-electron chi connectivity index (χ1n) is 8.96. The van der Waals surface area contributed by atoms with E-state index < -0.39 is 12.5 Å². The van der Waals surface area contributed by atoms with Gasteiger partial charge in [0.25, 0.3) is 6.43 Å². The maximum atomic E-state index is 13.3. The van der Waals surface area contributed by atoms with Gasteiger partial charge in [0.2, 0.25) is 0 Å². The summed E-state index contributed by atoms with van der Waals surface area (Å²) in [6, 6.07) is 8.16. The summed E-state index contributed by atoms with van der Waals surface area (Å²) in [5.74, 6) is 0.693. The van der Waals surface area contributed by atoms with Crippen LogP contribution in [0.1, 0.15) is 31.8 Å². The lowest BCUT2D eigenvalue weighted by molar-refractivity contribution is 0.146. The van der Waals surface area contributed by atoms with E-state index in [-0.39, 0.29) is 11.6 Å². The van der Waals surface area contributed by atoms with E-state index >= 15 is 0 Å². The molecule has 27 heavy (non-hydrogen) atoms. The predicted molar refractivity (Wildman–Crippen MR) is 97.8 cm³/mol. The Morgan fingerprint density at radius 1 is 1.30 bits per heavy atom. The number of hydrogen-bond donors (Lipinski definition) is 1. The number of alkyl carbamates (subject to hydrolysis) is 1. The van der Waals surface area contributed by atoms with Gasteiger partial charge in [0.1, 0.15) is 12.1 Å². The number of halogens is 2. The lowest BCUT2D eigenvalue weighted by Crippen LogP contribution is -2.45. The minimum absolute atomic E-state index is 0.0421. The minimum atomic E-state index is -2.57. The third-order valence-corrected chi connectivity index (χ3v) is 4.54. The van der Waals surface area contributed by atoms with Crippen molar-refractivity contribution in [2.45, 2.75) is 32.2 Å². The molecule has 0 radical (unpaired) electrons. The Kier molecular flexibility index (Phi) is 6.16. The number of nitrogens with zero attached hydrogens (tertiary/aromatic N) is 3. The Morgan fingerprint density at radius 2 is 2.04 bits per heavy atom. The van der Waals surface area contributed by atoms with Crippen LogP contribution in [0.5, 0.6) is 0 Å². The molecule has 144 valence electrons. The van der Waals surface area contributed by atoms with Gasteiger partial charge >= 0.3 is 6.09 Å². The van der Waals surface area contributed by atoms with E-state index in [2.05, 4.69) is 20.2 Å². The number of carbonyl (C=O) groups excluding carboxylic acids is 1. The zero-order valence-corrected chi connectivity index (χ0v) is 15.1. The molecule has 0 bridgehead atoms. The second-order valence-corrected chi connectivity index (χ2v) is 6.28. The SMILES string of the molecule is CCOC(=O)NC1CCN(c2cc(-c3ccccc3C(F)F)ncn2)CC1. The fraction of sp³-hybridized carbons (Fsp3) is 0.421. The fourth-order valence-corrected chi connectivity index (χ4v) is 3.18. The van der Waals surface area contributed by atoms with Crippen LogP contribution < -0.4 is 10.2 Å². The Hall–Kier alpha value is -2.77. The summed E-state index contributed by atoms with van der Waals surface area (Å²) >= 11 is 0. The van der Waals surface area contributed by atoms with E-state index in [1.807, 2.05) is 0 Å². The number of ether oxygens (including phenoxy) is 1. The fourth-order valence-electron chi connectivity index (χ4n) is 3.18. The van der Waals surface area contributed by atoms with Gasteiger partial charge in [-0.3, -0.25) is 0 Å². The third kappa shape index (κ3) is 4.69. The molecular weight excluding hydrogens is 354 g/mol. The quantitative estimate of drug-likeness (QED) is 0.860. The molecule has 2 aromatic rings. The van der Waals surface area contributed by atoms with Crippen LogP contribution in [0.2, 0.25) is 0 Å². The first kappa shape index (κ1) is 19.0. The normalized spacial score (nSPS) is 15.0. The van der Waals surface area contributed by atoms with Gasteiger partial charge in [0.05, 0.1) is 12.3 Å². The van der Waals surface area contributed by atoms with Gasteiger partial charge in [-0.25, -0.2) is 23.5 Å². The summed E-state index contributed by atoms with van der Waals surface area (Å²) in [6.07, 6.45) is -0.0545. The Balaban J connectivity index is 1.70. The maximum absolute atomic E-state index is 13.3. The van der Waals surface area contributed by atoms with Crippen molar-refractivity contribution < 1.29 is 18.3 Å². The minimum Gasteiger partial charge on any atom is -0.450 e. The van der Waals surface area contributed by atoms with Gasteiger partial charge in [-0.05, 0) is 19.8 Å². The number of carbonyl (C=O) groups is 1. The molecule has 1 aromatic carbocycles. The average molecular weight is 376 g/mol. The average Bonchev–Trinajstić information content (AvgIpc) is 2.69. The zero-order chi connectivity index (χ0) is 19.2. The molecule has 1 saturated heterocycles. The molecule has 1 amide bonds. The first-order valence-corrected chi connectivity index (χ1v) is 8.96. The molecule has 3 rings (SSSR count). The summed E-state index contributed by atoms with van der Waals surface area (Å²) in [6.45, 7) is 3.50. The molecule has 0 spiro atoms. The van der Waals surface area contributed by atoms with Crippen molar-refractivity contribution in [1.29, 1.82) is 0 Å². The number of aromatic nitrogens is 2. The topological polar surface area (TPSA) is 67.3 Å². The van der Waals surface area contributed by atoms with Crippen molar-refractivity contribution in [3.8, 4) is 11.3 Å². The van der Waals surface area contributed by atoms with Crippen LogP contribution in [0, 0.1) is 0 Å². The molecule has 0 aliphatic carbocycles. The van der Waals surface area contributed by atoms with E-state index in [1.165, 1.54) is 12.4 Å².